The Morgan fingerprint density at radius 2 is 1.62 bits per heavy atom. The summed E-state index contributed by atoms with van der Waals surface area (Å²) in [5.74, 6) is -6.68. The Morgan fingerprint density at radius 3 is 2.27 bits per heavy atom. The number of carbonyl (C=O) groups excluding carboxylic acids is 1. The second-order valence-corrected chi connectivity index (χ2v) is 20.2. The third kappa shape index (κ3) is 9.60. The van der Waals surface area contributed by atoms with Gasteiger partial charge < -0.3 is 58.3 Å². The van der Waals surface area contributed by atoms with E-state index in [9.17, 15) is 30.0 Å². The van der Waals surface area contributed by atoms with E-state index < -0.39 is 84.2 Å². The van der Waals surface area contributed by atoms with E-state index in [4.69, 9.17) is 37.9 Å². The number of carboxylic acids is 1. The number of allylic oxidation sites excluding steroid dienone is 1. The van der Waals surface area contributed by atoms with E-state index in [1.165, 1.54) is 0 Å². The van der Waals surface area contributed by atoms with E-state index in [2.05, 4.69) is 20.8 Å². The van der Waals surface area contributed by atoms with Gasteiger partial charge in [0.25, 0.3) is 0 Å². The number of carbonyl (C=O) groups is 2. The van der Waals surface area contributed by atoms with E-state index in [1.54, 1.807) is 27.9 Å². The Balaban J connectivity index is 1.23. The maximum Gasteiger partial charge on any atom is 0.306 e. The van der Waals surface area contributed by atoms with Crippen LogP contribution in [0.3, 0.4) is 0 Å². The minimum Gasteiger partial charge on any atom is -0.481 e. The van der Waals surface area contributed by atoms with E-state index in [1.807, 2.05) is 33.8 Å². The van der Waals surface area contributed by atoms with Gasteiger partial charge in [-0.05, 0) is 64.4 Å². The highest BCUT2D eigenvalue weighted by Crippen LogP contribution is 2.56. The summed E-state index contributed by atoms with van der Waals surface area (Å²) in [6, 6.07) is 0. The summed E-state index contributed by atoms with van der Waals surface area (Å²) in [6.45, 7) is 18.9. The number of methoxy groups -OCH3 is 1. The van der Waals surface area contributed by atoms with Crippen molar-refractivity contribution >= 4 is 11.8 Å². The van der Waals surface area contributed by atoms with Crippen LogP contribution in [0.1, 0.15) is 133 Å². The number of Topliss-reactive ketones (excluding diaryl/α,β-unsaturated/α-hetero) is 1. The number of ketones is 1. The van der Waals surface area contributed by atoms with E-state index >= 15 is 0 Å². The summed E-state index contributed by atoms with van der Waals surface area (Å²) in [7, 11) is 1.70. The number of ether oxygens (including phenoxy) is 8. The van der Waals surface area contributed by atoms with Crippen LogP contribution in [0.15, 0.2) is 11.6 Å². The van der Waals surface area contributed by atoms with Crippen molar-refractivity contribution in [2.24, 2.45) is 41.4 Å². The number of carboxylic acid groups (broad SMARTS) is 1. The zero-order valence-corrected chi connectivity index (χ0v) is 38.0. The molecule has 6 rings (SSSR count). The summed E-state index contributed by atoms with van der Waals surface area (Å²) < 4.78 is 53.7. The topological polar surface area (TPSA) is 189 Å². The third-order valence-corrected chi connectivity index (χ3v) is 15.4. The number of hydrogen-bond donors (Lipinski definition) is 4. The lowest BCUT2D eigenvalue weighted by Crippen LogP contribution is -2.63. The molecule has 0 aliphatic carbocycles. The fourth-order valence-electron chi connectivity index (χ4n) is 11.5. The van der Waals surface area contributed by atoms with Gasteiger partial charge in [0.2, 0.25) is 0 Å². The molecule has 0 unspecified atom stereocenters. The first-order chi connectivity index (χ1) is 28.1. The molecule has 6 aliphatic heterocycles. The second kappa shape index (κ2) is 18.5. The van der Waals surface area contributed by atoms with Crippen LogP contribution in [-0.2, 0) is 47.5 Å². The standard InChI is InChI=1S/C46H76O14/c1-24(16-25(2)40(49)26(3)17-28(5)42(50)51)35-20-33(48)22-44(56-35)15-14-43(10,60-44)38-21-36(55-39-13-12-34(53-11)32(9)54-39)31(8)46(58-38)30(7)19-37(57-46)41-27(4)18-29(6)45(52,23-47)59-41/h16,24,26-39,41,47-48,52H,12-15,17-23H2,1-11H3,(H,50,51)/b25-16+/t24-,26+,27-,28-,29+,30-,31+,32+,33+,34-,35-,36-,37+,38+,39-,41-,43-,44+,45-,46-/m0/s1. The Hall–Kier alpha value is -1.56. The molecule has 0 aromatic carbocycles. The molecule has 0 saturated carbocycles. The molecule has 14 heteroatoms. The second-order valence-electron chi connectivity index (χ2n) is 20.2. The van der Waals surface area contributed by atoms with Gasteiger partial charge >= 0.3 is 5.97 Å². The van der Waals surface area contributed by atoms with Crippen molar-refractivity contribution < 1.29 is 67.9 Å². The Kier molecular flexibility index (Phi) is 14.8. The van der Waals surface area contributed by atoms with Crippen LogP contribution in [0.4, 0.5) is 0 Å². The zero-order chi connectivity index (χ0) is 44.1. The first-order valence-electron chi connectivity index (χ1n) is 22.8. The van der Waals surface area contributed by atoms with Crippen LogP contribution in [0, 0.1) is 41.4 Å². The number of aliphatic hydroxyl groups is 3. The maximum atomic E-state index is 13.3. The predicted molar refractivity (Wildman–Crippen MR) is 219 cm³/mol. The van der Waals surface area contributed by atoms with Crippen molar-refractivity contribution in [1.29, 1.82) is 0 Å². The summed E-state index contributed by atoms with van der Waals surface area (Å²) in [5, 5.41) is 42.1. The largest absolute Gasteiger partial charge is 0.481 e. The molecule has 0 amide bonds. The fourth-order valence-corrected chi connectivity index (χ4v) is 11.5. The summed E-state index contributed by atoms with van der Waals surface area (Å²) >= 11 is 0. The Morgan fingerprint density at radius 1 is 0.900 bits per heavy atom. The first-order valence-corrected chi connectivity index (χ1v) is 22.8. The predicted octanol–water partition coefficient (Wildman–Crippen LogP) is 5.90. The molecule has 6 saturated heterocycles. The molecule has 344 valence electrons. The van der Waals surface area contributed by atoms with E-state index in [-0.39, 0.29) is 66.5 Å². The van der Waals surface area contributed by atoms with Gasteiger partial charge in [0.1, 0.15) is 0 Å². The fraction of sp³-hybridized carbons (Fsp3) is 0.913. The normalized spacial score (nSPS) is 48.0. The van der Waals surface area contributed by atoms with Crippen molar-refractivity contribution in [2.75, 3.05) is 13.7 Å². The quantitative estimate of drug-likeness (QED) is 0.160. The van der Waals surface area contributed by atoms with Crippen LogP contribution in [0.2, 0.25) is 0 Å². The van der Waals surface area contributed by atoms with Gasteiger partial charge in [-0.15, -0.1) is 0 Å². The maximum absolute atomic E-state index is 13.3. The minimum absolute atomic E-state index is 0.0109. The van der Waals surface area contributed by atoms with Crippen LogP contribution in [0.5, 0.6) is 0 Å². The Bertz CT molecular complexity index is 1540. The van der Waals surface area contributed by atoms with Gasteiger partial charge in [-0.25, -0.2) is 0 Å². The molecule has 0 bridgehead atoms. The van der Waals surface area contributed by atoms with Gasteiger partial charge in [0, 0.05) is 68.8 Å². The molecule has 0 radical (unpaired) electrons. The van der Waals surface area contributed by atoms with Crippen molar-refractivity contribution in [3.63, 3.8) is 0 Å². The Labute approximate surface area is 357 Å². The lowest BCUT2D eigenvalue weighted by atomic mass is 9.76. The van der Waals surface area contributed by atoms with Gasteiger partial charge in [-0.3, -0.25) is 9.59 Å². The first kappa shape index (κ1) is 47.9. The molecular weight excluding hydrogens is 776 g/mol. The number of rotatable bonds is 13. The molecule has 6 fully saturated rings. The number of aliphatic hydroxyl groups excluding tert-OH is 2. The summed E-state index contributed by atoms with van der Waals surface area (Å²) in [5.41, 5.74) is -0.313. The lowest BCUT2D eigenvalue weighted by molar-refractivity contribution is -0.389. The number of hydrogen-bond acceptors (Lipinski definition) is 13. The molecule has 4 N–H and O–H groups in total. The molecule has 60 heavy (non-hydrogen) atoms. The highest BCUT2D eigenvalue weighted by molar-refractivity contribution is 5.96. The van der Waals surface area contributed by atoms with Crippen LogP contribution in [-0.4, -0.2) is 124 Å². The van der Waals surface area contributed by atoms with E-state index in [0.717, 1.165) is 6.42 Å². The average molecular weight is 853 g/mol. The summed E-state index contributed by atoms with van der Waals surface area (Å²) in [4.78, 5) is 24.7. The van der Waals surface area contributed by atoms with Gasteiger partial charge in [-0.2, -0.15) is 0 Å². The monoisotopic (exact) mass is 853 g/mol. The molecule has 6 aliphatic rings. The molecule has 20 atom stereocenters. The van der Waals surface area contributed by atoms with Crippen LogP contribution in [0.25, 0.3) is 0 Å². The van der Waals surface area contributed by atoms with Crippen molar-refractivity contribution in [2.45, 2.75) is 212 Å². The van der Waals surface area contributed by atoms with Gasteiger partial charge in [0.15, 0.2) is 29.4 Å². The van der Waals surface area contributed by atoms with Crippen molar-refractivity contribution in [3.05, 3.63) is 11.6 Å². The van der Waals surface area contributed by atoms with Crippen LogP contribution < -0.4 is 0 Å². The molecule has 0 aromatic rings. The molecule has 6 heterocycles. The molecular formula is C46H76O14. The third-order valence-electron chi connectivity index (χ3n) is 15.4. The smallest absolute Gasteiger partial charge is 0.306 e. The average Bonchev–Trinajstić information content (AvgIpc) is 3.69. The van der Waals surface area contributed by atoms with Crippen molar-refractivity contribution in [1.82, 2.24) is 0 Å². The summed E-state index contributed by atoms with van der Waals surface area (Å²) in [6.07, 6.45) is 3.75. The van der Waals surface area contributed by atoms with Crippen LogP contribution >= 0.6 is 0 Å². The minimum atomic E-state index is -1.66. The van der Waals surface area contributed by atoms with Gasteiger partial charge in [-0.1, -0.05) is 54.5 Å². The SMILES string of the molecule is CO[C@H]1CC[C@H](O[C@H]2C[C@H]([C@]3(C)CC[C@]4(C[C@H](O)C[C@@H]([C@@H](C)/C=C(\C)C(=O)[C@H](C)C[C@H](C)C(=O)O)O4)O3)O[C@]3(O[C@@H]([C@H]4O[C@@](O)(CO)[C@H](C)C[C@@H]4C)C[C@@H]3C)[C@@H]2C)O[C@@H]1C. The molecule has 14 nitrogen and oxygen atoms in total. The van der Waals surface area contributed by atoms with Crippen molar-refractivity contribution in [3.8, 4) is 0 Å². The zero-order valence-electron chi connectivity index (χ0n) is 38.0. The number of aliphatic carboxylic acids is 1. The van der Waals surface area contributed by atoms with E-state index in [0.29, 0.717) is 50.5 Å². The highest BCUT2D eigenvalue weighted by Gasteiger charge is 2.65. The van der Waals surface area contributed by atoms with Gasteiger partial charge in [0.05, 0.1) is 67.0 Å². The molecule has 0 aromatic heterocycles. The highest BCUT2D eigenvalue weighted by atomic mass is 16.8. The lowest BCUT2D eigenvalue weighted by Gasteiger charge is -2.53. The molecule has 2 spiro atoms.